The smallest absolute Gasteiger partial charge is 0.221 e. The first-order chi connectivity index (χ1) is 8.13. The summed E-state index contributed by atoms with van der Waals surface area (Å²) in [6, 6.07) is 0.523. The third-order valence-electron chi connectivity index (χ3n) is 3.59. The number of hydrogen-bond donors (Lipinski definition) is 2. The van der Waals surface area contributed by atoms with E-state index in [1.165, 1.54) is 12.8 Å². The van der Waals surface area contributed by atoms with E-state index in [1.54, 1.807) is 7.05 Å². The highest BCUT2D eigenvalue weighted by Gasteiger charge is 2.19. The van der Waals surface area contributed by atoms with Crippen LogP contribution in [-0.4, -0.2) is 50.1 Å². The molecule has 1 saturated heterocycles. The maximum atomic E-state index is 11.3. The van der Waals surface area contributed by atoms with Gasteiger partial charge in [-0.05, 0) is 45.7 Å². The summed E-state index contributed by atoms with van der Waals surface area (Å²) >= 11 is 0. The van der Waals surface area contributed by atoms with Gasteiger partial charge in [0.1, 0.15) is 0 Å². The summed E-state index contributed by atoms with van der Waals surface area (Å²) in [5.41, 5.74) is 0. The Labute approximate surface area is 105 Å². The summed E-state index contributed by atoms with van der Waals surface area (Å²) in [5.74, 6) is 0.935. The Morgan fingerprint density at radius 1 is 1.41 bits per heavy atom. The van der Waals surface area contributed by atoms with Gasteiger partial charge in [-0.3, -0.25) is 4.79 Å². The van der Waals surface area contributed by atoms with Gasteiger partial charge in [0.05, 0.1) is 0 Å². The predicted octanol–water partition coefficient (Wildman–Crippen LogP) is 0.833. The van der Waals surface area contributed by atoms with E-state index in [2.05, 4.69) is 29.4 Å². The molecule has 0 radical (unpaired) electrons. The van der Waals surface area contributed by atoms with E-state index in [0.717, 1.165) is 32.1 Å². The van der Waals surface area contributed by atoms with E-state index >= 15 is 0 Å². The minimum atomic E-state index is 0.140. The van der Waals surface area contributed by atoms with E-state index in [9.17, 15) is 4.79 Å². The maximum absolute atomic E-state index is 11.3. The molecule has 0 aliphatic carbocycles. The highest BCUT2D eigenvalue weighted by molar-refractivity contribution is 5.75. The van der Waals surface area contributed by atoms with Crippen LogP contribution in [0.1, 0.15) is 33.1 Å². The number of piperidine rings is 1. The molecule has 1 aliphatic rings. The lowest BCUT2D eigenvalue weighted by Gasteiger charge is -2.32. The van der Waals surface area contributed by atoms with E-state index in [4.69, 9.17) is 0 Å². The third kappa shape index (κ3) is 5.50. The molecule has 0 spiro atoms. The zero-order valence-corrected chi connectivity index (χ0v) is 11.5. The molecule has 4 nitrogen and oxygen atoms in total. The highest BCUT2D eigenvalue weighted by atomic mass is 16.1. The zero-order valence-electron chi connectivity index (χ0n) is 11.5. The van der Waals surface area contributed by atoms with E-state index in [-0.39, 0.29) is 5.91 Å². The van der Waals surface area contributed by atoms with Crippen LogP contribution >= 0.6 is 0 Å². The van der Waals surface area contributed by atoms with Crippen molar-refractivity contribution >= 4 is 5.91 Å². The molecule has 4 heteroatoms. The van der Waals surface area contributed by atoms with Crippen molar-refractivity contribution in [2.45, 2.75) is 39.2 Å². The van der Waals surface area contributed by atoms with Crippen molar-refractivity contribution in [3.8, 4) is 0 Å². The Hall–Kier alpha value is -0.610. The molecular formula is C13H27N3O. The topological polar surface area (TPSA) is 44.4 Å². The molecule has 0 aromatic carbocycles. The van der Waals surface area contributed by atoms with Gasteiger partial charge in [0.25, 0.3) is 0 Å². The summed E-state index contributed by atoms with van der Waals surface area (Å²) in [5, 5.41) is 6.08. The second kappa shape index (κ2) is 7.67. The Morgan fingerprint density at radius 3 is 2.59 bits per heavy atom. The molecule has 1 fully saturated rings. The summed E-state index contributed by atoms with van der Waals surface area (Å²) in [4.78, 5) is 13.7. The van der Waals surface area contributed by atoms with Crippen LogP contribution in [0.3, 0.4) is 0 Å². The van der Waals surface area contributed by atoms with Gasteiger partial charge in [0.2, 0.25) is 5.91 Å². The van der Waals surface area contributed by atoms with Crippen molar-refractivity contribution in [2.75, 3.05) is 33.2 Å². The highest BCUT2D eigenvalue weighted by Crippen LogP contribution is 2.15. The number of carbonyl (C=O) groups is 1. The second-order valence-electron chi connectivity index (χ2n) is 5.21. The van der Waals surface area contributed by atoms with Gasteiger partial charge in [-0.2, -0.15) is 0 Å². The molecule has 0 bridgehead atoms. The molecule has 0 aromatic heterocycles. The minimum absolute atomic E-state index is 0.140. The molecule has 0 atom stereocenters. The molecule has 100 valence electrons. The van der Waals surface area contributed by atoms with Crippen molar-refractivity contribution < 1.29 is 4.79 Å². The SMILES string of the molecule is CNC(=O)CCN(CC1CCNCC1)C(C)C. The molecular weight excluding hydrogens is 214 g/mol. The zero-order chi connectivity index (χ0) is 12.7. The van der Waals surface area contributed by atoms with Crippen molar-refractivity contribution in [1.29, 1.82) is 0 Å². The monoisotopic (exact) mass is 241 g/mol. The molecule has 1 rings (SSSR count). The summed E-state index contributed by atoms with van der Waals surface area (Å²) < 4.78 is 0. The van der Waals surface area contributed by atoms with Crippen LogP contribution in [0.25, 0.3) is 0 Å². The van der Waals surface area contributed by atoms with Crippen LogP contribution in [0.5, 0.6) is 0 Å². The number of carbonyl (C=O) groups excluding carboxylic acids is 1. The average molecular weight is 241 g/mol. The predicted molar refractivity (Wildman–Crippen MR) is 71.0 cm³/mol. The van der Waals surface area contributed by atoms with E-state index in [1.807, 2.05) is 0 Å². The fraction of sp³-hybridized carbons (Fsp3) is 0.923. The maximum Gasteiger partial charge on any atom is 0.221 e. The van der Waals surface area contributed by atoms with Gasteiger partial charge in [0, 0.05) is 32.6 Å². The average Bonchev–Trinajstić information content (AvgIpc) is 2.34. The molecule has 1 heterocycles. The van der Waals surface area contributed by atoms with Crippen LogP contribution in [0.2, 0.25) is 0 Å². The van der Waals surface area contributed by atoms with Gasteiger partial charge in [-0.15, -0.1) is 0 Å². The largest absolute Gasteiger partial charge is 0.359 e. The van der Waals surface area contributed by atoms with Gasteiger partial charge >= 0.3 is 0 Å². The standard InChI is InChI=1S/C13H27N3O/c1-11(2)16(9-6-13(17)14-3)10-12-4-7-15-8-5-12/h11-12,15H,4-10H2,1-3H3,(H,14,17). The lowest BCUT2D eigenvalue weighted by atomic mass is 9.97. The first-order valence-electron chi connectivity index (χ1n) is 6.78. The summed E-state index contributed by atoms with van der Waals surface area (Å²) in [6.07, 6.45) is 3.14. The fourth-order valence-corrected chi connectivity index (χ4v) is 2.33. The number of nitrogens with zero attached hydrogens (tertiary/aromatic N) is 1. The molecule has 2 N–H and O–H groups in total. The molecule has 1 aliphatic heterocycles. The summed E-state index contributed by atoms with van der Waals surface area (Å²) in [7, 11) is 1.70. The number of nitrogens with one attached hydrogen (secondary N) is 2. The van der Waals surface area contributed by atoms with Crippen molar-refractivity contribution in [1.82, 2.24) is 15.5 Å². The lowest BCUT2D eigenvalue weighted by Crippen LogP contribution is -2.41. The Kier molecular flexibility index (Phi) is 6.52. The molecule has 17 heavy (non-hydrogen) atoms. The van der Waals surface area contributed by atoms with Crippen molar-refractivity contribution in [2.24, 2.45) is 5.92 Å². The van der Waals surface area contributed by atoms with Gasteiger partial charge in [0.15, 0.2) is 0 Å². The first-order valence-corrected chi connectivity index (χ1v) is 6.78. The number of amides is 1. The van der Waals surface area contributed by atoms with E-state index < -0.39 is 0 Å². The number of rotatable bonds is 6. The molecule has 0 saturated carbocycles. The first kappa shape index (κ1) is 14.5. The lowest BCUT2D eigenvalue weighted by molar-refractivity contribution is -0.121. The van der Waals surface area contributed by atoms with Gasteiger partial charge < -0.3 is 15.5 Å². The summed E-state index contributed by atoms with van der Waals surface area (Å²) in [6.45, 7) is 8.73. The molecule has 1 amide bonds. The van der Waals surface area contributed by atoms with Gasteiger partial charge in [-0.1, -0.05) is 0 Å². The van der Waals surface area contributed by atoms with E-state index in [0.29, 0.717) is 12.5 Å². The Morgan fingerprint density at radius 2 is 2.06 bits per heavy atom. The normalized spacial score (nSPS) is 17.7. The van der Waals surface area contributed by atoms with Crippen LogP contribution in [0, 0.1) is 5.92 Å². The van der Waals surface area contributed by atoms with Crippen LogP contribution in [-0.2, 0) is 4.79 Å². The van der Waals surface area contributed by atoms with Gasteiger partial charge in [-0.25, -0.2) is 0 Å². The quantitative estimate of drug-likeness (QED) is 0.724. The van der Waals surface area contributed by atoms with Crippen LogP contribution < -0.4 is 10.6 Å². The van der Waals surface area contributed by atoms with Crippen LogP contribution in [0.4, 0.5) is 0 Å². The molecule has 0 unspecified atom stereocenters. The Balaban J connectivity index is 2.33. The number of hydrogen-bond acceptors (Lipinski definition) is 3. The second-order valence-corrected chi connectivity index (χ2v) is 5.21. The van der Waals surface area contributed by atoms with Crippen LogP contribution in [0.15, 0.2) is 0 Å². The Bertz CT molecular complexity index is 225. The van der Waals surface area contributed by atoms with Crippen molar-refractivity contribution in [3.05, 3.63) is 0 Å². The van der Waals surface area contributed by atoms with Crippen molar-refractivity contribution in [3.63, 3.8) is 0 Å². The minimum Gasteiger partial charge on any atom is -0.359 e. The fourth-order valence-electron chi connectivity index (χ4n) is 2.33. The molecule has 0 aromatic rings. The third-order valence-corrected chi connectivity index (χ3v) is 3.59.